The van der Waals surface area contributed by atoms with Gasteiger partial charge in [0.05, 0.1) is 11.3 Å². The van der Waals surface area contributed by atoms with Gasteiger partial charge in [0.1, 0.15) is 5.82 Å². The van der Waals surface area contributed by atoms with Gasteiger partial charge < -0.3 is 9.67 Å². The van der Waals surface area contributed by atoms with E-state index in [1.165, 1.54) is 6.07 Å². The van der Waals surface area contributed by atoms with Crippen LogP contribution in [0.25, 0.3) is 11.4 Å². The minimum Gasteiger partial charge on any atom is -0.481 e. The van der Waals surface area contributed by atoms with Gasteiger partial charge in [-0.15, -0.1) is 10.2 Å². The third-order valence-corrected chi connectivity index (χ3v) is 3.66. The summed E-state index contributed by atoms with van der Waals surface area (Å²) in [6.07, 6.45) is 0. The SMILES string of the molecule is CC(C)Cn1c(SCC(=O)O)nnc1-c1ccccc1F. The molecule has 0 saturated carbocycles. The Morgan fingerprint density at radius 1 is 1.38 bits per heavy atom. The maximum Gasteiger partial charge on any atom is 0.313 e. The molecule has 21 heavy (non-hydrogen) atoms. The first-order valence-corrected chi connectivity index (χ1v) is 7.50. The number of carbonyl (C=O) groups is 1. The number of hydrogen-bond donors (Lipinski definition) is 1. The summed E-state index contributed by atoms with van der Waals surface area (Å²) in [5, 5.41) is 17.3. The van der Waals surface area contributed by atoms with Gasteiger partial charge in [-0.25, -0.2) is 4.39 Å². The number of carboxylic acid groups (broad SMARTS) is 1. The average Bonchev–Trinajstić information content (AvgIpc) is 2.79. The molecular formula is C14H16FN3O2S. The largest absolute Gasteiger partial charge is 0.481 e. The Hall–Kier alpha value is -1.89. The van der Waals surface area contributed by atoms with Crippen LogP contribution in [-0.2, 0) is 11.3 Å². The molecule has 1 N–H and O–H groups in total. The molecule has 0 unspecified atom stereocenters. The lowest BCUT2D eigenvalue weighted by Crippen LogP contribution is -2.09. The van der Waals surface area contributed by atoms with Crippen LogP contribution in [0.3, 0.4) is 0 Å². The Morgan fingerprint density at radius 3 is 2.71 bits per heavy atom. The summed E-state index contributed by atoms with van der Waals surface area (Å²) in [7, 11) is 0. The van der Waals surface area contributed by atoms with E-state index in [2.05, 4.69) is 10.2 Å². The zero-order valence-corrected chi connectivity index (χ0v) is 12.6. The number of aromatic nitrogens is 3. The number of nitrogens with zero attached hydrogens (tertiary/aromatic N) is 3. The number of aliphatic carboxylic acids is 1. The quantitative estimate of drug-likeness (QED) is 0.831. The summed E-state index contributed by atoms with van der Waals surface area (Å²) in [6, 6.07) is 6.36. The first kappa shape index (κ1) is 15.5. The summed E-state index contributed by atoms with van der Waals surface area (Å²) in [4.78, 5) is 10.7. The molecule has 0 spiro atoms. The van der Waals surface area contributed by atoms with E-state index >= 15 is 0 Å². The maximum atomic E-state index is 13.9. The molecular weight excluding hydrogens is 293 g/mol. The van der Waals surface area contributed by atoms with Gasteiger partial charge in [0.25, 0.3) is 0 Å². The topological polar surface area (TPSA) is 68.0 Å². The van der Waals surface area contributed by atoms with E-state index < -0.39 is 5.97 Å². The minimum absolute atomic E-state index is 0.104. The van der Waals surface area contributed by atoms with Crippen LogP contribution in [0.2, 0.25) is 0 Å². The van der Waals surface area contributed by atoms with Gasteiger partial charge in [0.15, 0.2) is 11.0 Å². The van der Waals surface area contributed by atoms with Crippen LogP contribution in [0.1, 0.15) is 13.8 Å². The Labute approximate surface area is 126 Å². The van der Waals surface area contributed by atoms with Gasteiger partial charge in [-0.3, -0.25) is 4.79 Å². The first-order chi connectivity index (χ1) is 9.99. The average molecular weight is 309 g/mol. The molecule has 0 atom stereocenters. The Kier molecular flexibility index (Phi) is 4.95. The highest BCUT2D eigenvalue weighted by molar-refractivity contribution is 7.99. The lowest BCUT2D eigenvalue weighted by atomic mass is 10.2. The molecule has 0 amide bonds. The van der Waals surface area contributed by atoms with Crippen LogP contribution in [0.5, 0.6) is 0 Å². The Bertz CT molecular complexity index is 643. The van der Waals surface area contributed by atoms with E-state index in [4.69, 9.17) is 5.11 Å². The summed E-state index contributed by atoms with van der Waals surface area (Å²) in [5.41, 5.74) is 0.368. The fourth-order valence-corrected chi connectivity index (χ4v) is 2.56. The molecule has 1 heterocycles. The summed E-state index contributed by atoms with van der Waals surface area (Å²) in [6.45, 7) is 4.65. The molecule has 0 bridgehead atoms. The van der Waals surface area contributed by atoms with Crippen molar-refractivity contribution >= 4 is 17.7 Å². The predicted molar refractivity (Wildman–Crippen MR) is 78.6 cm³/mol. The van der Waals surface area contributed by atoms with Crippen molar-refractivity contribution in [2.45, 2.75) is 25.5 Å². The highest BCUT2D eigenvalue weighted by Crippen LogP contribution is 2.26. The number of rotatable bonds is 6. The van der Waals surface area contributed by atoms with Crippen molar-refractivity contribution in [2.24, 2.45) is 5.92 Å². The second-order valence-electron chi connectivity index (χ2n) is 4.97. The summed E-state index contributed by atoms with van der Waals surface area (Å²) < 4.78 is 15.7. The highest BCUT2D eigenvalue weighted by atomic mass is 32.2. The van der Waals surface area contributed by atoms with Crippen molar-refractivity contribution in [3.63, 3.8) is 0 Å². The fraction of sp³-hybridized carbons (Fsp3) is 0.357. The molecule has 0 fully saturated rings. The van der Waals surface area contributed by atoms with Crippen LogP contribution in [0.4, 0.5) is 4.39 Å². The molecule has 2 aromatic rings. The lowest BCUT2D eigenvalue weighted by Gasteiger charge is -2.12. The molecule has 0 aliphatic rings. The van der Waals surface area contributed by atoms with Crippen molar-refractivity contribution < 1.29 is 14.3 Å². The van der Waals surface area contributed by atoms with Gasteiger partial charge in [0, 0.05) is 6.54 Å². The van der Waals surface area contributed by atoms with Gasteiger partial charge in [-0.2, -0.15) is 0 Å². The van der Waals surface area contributed by atoms with Crippen LogP contribution in [0.15, 0.2) is 29.4 Å². The maximum absolute atomic E-state index is 13.9. The van der Waals surface area contributed by atoms with Crippen molar-refractivity contribution in [2.75, 3.05) is 5.75 Å². The Balaban J connectivity index is 2.41. The second-order valence-corrected chi connectivity index (χ2v) is 5.92. The Morgan fingerprint density at radius 2 is 2.10 bits per heavy atom. The van der Waals surface area contributed by atoms with Crippen molar-refractivity contribution in [3.8, 4) is 11.4 Å². The summed E-state index contributed by atoms with van der Waals surface area (Å²) in [5.74, 6) is -0.672. The van der Waals surface area contributed by atoms with E-state index in [9.17, 15) is 9.18 Å². The monoisotopic (exact) mass is 309 g/mol. The van der Waals surface area contributed by atoms with Gasteiger partial charge in [-0.05, 0) is 18.1 Å². The second kappa shape index (κ2) is 6.71. The summed E-state index contributed by atoms with van der Waals surface area (Å²) >= 11 is 1.09. The molecule has 112 valence electrons. The number of carboxylic acids is 1. The van der Waals surface area contributed by atoms with Gasteiger partial charge in [0.2, 0.25) is 0 Å². The van der Waals surface area contributed by atoms with E-state index in [1.54, 1.807) is 22.8 Å². The molecule has 5 nitrogen and oxygen atoms in total. The number of thioether (sulfide) groups is 1. The van der Waals surface area contributed by atoms with Gasteiger partial charge in [-0.1, -0.05) is 37.7 Å². The standard InChI is InChI=1S/C14H16FN3O2S/c1-9(2)7-18-13(10-5-3-4-6-11(10)15)16-17-14(18)21-8-12(19)20/h3-6,9H,7-8H2,1-2H3,(H,19,20). The molecule has 0 saturated heterocycles. The third kappa shape index (κ3) is 3.81. The minimum atomic E-state index is -0.925. The predicted octanol–water partition coefficient (Wildman–Crippen LogP) is 2.92. The van der Waals surface area contributed by atoms with E-state index in [-0.39, 0.29) is 11.6 Å². The molecule has 0 radical (unpaired) electrons. The highest BCUT2D eigenvalue weighted by Gasteiger charge is 2.18. The third-order valence-electron chi connectivity index (χ3n) is 2.70. The number of halogens is 1. The fourth-order valence-electron chi connectivity index (χ4n) is 1.89. The molecule has 2 rings (SSSR count). The van der Waals surface area contributed by atoms with Crippen LogP contribution in [-0.4, -0.2) is 31.6 Å². The molecule has 0 aliphatic carbocycles. The zero-order chi connectivity index (χ0) is 15.4. The normalized spacial score (nSPS) is 11.0. The van der Waals surface area contributed by atoms with Crippen molar-refractivity contribution in [3.05, 3.63) is 30.1 Å². The van der Waals surface area contributed by atoms with Crippen molar-refractivity contribution in [1.82, 2.24) is 14.8 Å². The molecule has 1 aromatic carbocycles. The van der Waals surface area contributed by atoms with Crippen molar-refractivity contribution in [1.29, 1.82) is 0 Å². The van der Waals surface area contributed by atoms with Crippen LogP contribution in [0, 0.1) is 11.7 Å². The zero-order valence-electron chi connectivity index (χ0n) is 11.8. The van der Waals surface area contributed by atoms with Crippen LogP contribution >= 0.6 is 11.8 Å². The molecule has 1 aromatic heterocycles. The molecule has 0 aliphatic heterocycles. The van der Waals surface area contributed by atoms with E-state index in [0.29, 0.717) is 29.0 Å². The molecule has 7 heteroatoms. The lowest BCUT2D eigenvalue weighted by molar-refractivity contribution is -0.133. The van der Waals surface area contributed by atoms with E-state index in [1.807, 2.05) is 13.8 Å². The number of benzene rings is 1. The van der Waals surface area contributed by atoms with E-state index in [0.717, 1.165) is 11.8 Å². The number of hydrogen-bond acceptors (Lipinski definition) is 4. The van der Waals surface area contributed by atoms with Crippen LogP contribution < -0.4 is 0 Å². The van der Waals surface area contributed by atoms with Gasteiger partial charge >= 0.3 is 5.97 Å². The smallest absolute Gasteiger partial charge is 0.313 e. The first-order valence-electron chi connectivity index (χ1n) is 6.51.